The Balaban J connectivity index is 1.72. The molecule has 2 aromatic carbocycles. The first kappa shape index (κ1) is 23.6. The number of rotatable bonds is 5. The lowest BCUT2D eigenvalue weighted by atomic mass is 10.0. The molecule has 7 nitrogen and oxygen atoms in total. The van der Waals surface area contributed by atoms with Crippen LogP contribution >= 0.6 is 23.2 Å². The minimum absolute atomic E-state index is 0.215. The number of piperidine rings is 1. The van der Waals surface area contributed by atoms with Gasteiger partial charge in [0.15, 0.2) is 0 Å². The standard InChI is InChI=1S/C25H21Cl2N5O2/c26-18-8-9-22(29-15-18)30-25(34)20-12-19(27)13-21(32-10-2-1-3-11-32)23(20)31-24(33)17-6-4-16(14-28)5-7-17/h4-9,12-13,15H,1-3,10-11H2,(H,31,33)(H,29,30,34). The van der Waals surface area contributed by atoms with Gasteiger partial charge in [0.2, 0.25) is 0 Å². The number of carbonyl (C=O) groups is 2. The zero-order chi connectivity index (χ0) is 24.1. The van der Waals surface area contributed by atoms with Crippen LogP contribution in [0.15, 0.2) is 54.7 Å². The maximum absolute atomic E-state index is 13.3. The maximum atomic E-state index is 13.3. The summed E-state index contributed by atoms with van der Waals surface area (Å²) in [4.78, 5) is 32.6. The van der Waals surface area contributed by atoms with Gasteiger partial charge in [-0.25, -0.2) is 4.98 Å². The molecule has 1 fully saturated rings. The Labute approximate surface area is 207 Å². The first-order valence-electron chi connectivity index (χ1n) is 10.8. The third-order valence-electron chi connectivity index (χ3n) is 5.51. The van der Waals surface area contributed by atoms with Gasteiger partial charge in [-0.05, 0) is 67.8 Å². The molecule has 1 aliphatic rings. The summed E-state index contributed by atoms with van der Waals surface area (Å²) in [6.07, 6.45) is 4.57. The molecule has 1 saturated heterocycles. The Hall–Kier alpha value is -3.60. The lowest BCUT2D eigenvalue weighted by molar-refractivity contribution is 0.102. The van der Waals surface area contributed by atoms with E-state index in [9.17, 15) is 9.59 Å². The Morgan fingerprint density at radius 1 is 0.912 bits per heavy atom. The van der Waals surface area contributed by atoms with Crippen LogP contribution < -0.4 is 15.5 Å². The van der Waals surface area contributed by atoms with Crippen molar-refractivity contribution in [3.8, 4) is 6.07 Å². The van der Waals surface area contributed by atoms with Crippen LogP contribution in [0.25, 0.3) is 0 Å². The second-order valence-corrected chi connectivity index (χ2v) is 8.73. The number of aromatic nitrogens is 1. The smallest absolute Gasteiger partial charge is 0.259 e. The molecule has 0 spiro atoms. The molecular formula is C25H21Cl2N5O2. The van der Waals surface area contributed by atoms with Crippen molar-refractivity contribution in [1.82, 2.24) is 4.98 Å². The third kappa shape index (κ3) is 5.48. The van der Waals surface area contributed by atoms with E-state index in [-0.39, 0.29) is 5.56 Å². The van der Waals surface area contributed by atoms with Crippen molar-refractivity contribution in [3.63, 3.8) is 0 Å². The van der Waals surface area contributed by atoms with Crippen molar-refractivity contribution in [2.45, 2.75) is 19.3 Å². The fourth-order valence-corrected chi connectivity index (χ4v) is 4.13. The van der Waals surface area contributed by atoms with Crippen LogP contribution in [0.4, 0.5) is 17.2 Å². The van der Waals surface area contributed by atoms with Crippen LogP contribution in [0.3, 0.4) is 0 Å². The number of halogens is 2. The van der Waals surface area contributed by atoms with Crippen LogP contribution in [-0.4, -0.2) is 29.9 Å². The highest BCUT2D eigenvalue weighted by Gasteiger charge is 2.24. The fraction of sp³-hybridized carbons (Fsp3) is 0.200. The quantitative estimate of drug-likeness (QED) is 0.470. The normalized spacial score (nSPS) is 13.1. The van der Waals surface area contributed by atoms with E-state index in [2.05, 4.69) is 20.5 Å². The fourth-order valence-electron chi connectivity index (χ4n) is 3.80. The minimum atomic E-state index is -0.467. The van der Waals surface area contributed by atoms with Gasteiger partial charge in [0, 0.05) is 29.9 Å². The van der Waals surface area contributed by atoms with Gasteiger partial charge >= 0.3 is 0 Å². The minimum Gasteiger partial charge on any atom is -0.370 e. The molecule has 0 radical (unpaired) electrons. The van der Waals surface area contributed by atoms with Gasteiger partial charge < -0.3 is 15.5 Å². The lowest BCUT2D eigenvalue weighted by Gasteiger charge is -2.31. The molecule has 4 rings (SSSR count). The lowest BCUT2D eigenvalue weighted by Crippen LogP contribution is -2.31. The number of anilines is 3. The number of nitriles is 1. The molecule has 2 heterocycles. The zero-order valence-corrected chi connectivity index (χ0v) is 19.7. The number of benzene rings is 2. The number of hydrogen-bond acceptors (Lipinski definition) is 5. The van der Waals surface area contributed by atoms with Crippen LogP contribution in [0.5, 0.6) is 0 Å². The second-order valence-electron chi connectivity index (χ2n) is 7.85. The van der Waals surface area contributed by atoms with E-state index in [1.807, 2.05) is 6.07 Å². The average Bonchev–Trinajstić information content (AvgIpc) is 2.86. The largest absolute Gasteiger partial charge is 0.370 e. The predicted octanol–water partition coefficient (Wildman–Crippen LogP) is 5.75. The van der Waals surface area contributed by atoms with E-state index in [1.54, 1.807) is 42.5 Å². The topological polar surface area (TPSA) is 98.1 Å². The molecule has 1 aromatic heterocycles. The molecule has 3 aromatic rings. The number of carbonyl (C=O) groups excluding carboxylic acids is 2. The summed E-state index contributed by atoms with van der Waals surface area (Å²) in [6, 6.07) is 14.8. The van der Waals surface area contributed by atoms with Gasteiger partial charge in [-0.15, -0.1) is 0 Å². The summed E-state index contributed by atoms with van der Waals surface area (Å²) in [5, 5.41) is 15.5. The summed E-state index contributed by atoms with van der Waals surface area (Å²) < 4.78 is 0. The molecule has 0 bridgehead atoms. The highest BCUT2D eigenvalue weighted by atomic mass is 35.5. The second kappa shape index (κ2) is 10.6. The van der Waals surface area contributed by atoms with Gasteiger partial charge in [-0.1, -0.05) is 23.2 Å². The highest BCUT2D eigenvalue weighted by Crippen LogP contribution is 2.36. The van der Waals surface area contributed by atoms with Crippen molar-refractivity contribution in [1.29, 1.82) is 5.26 Å². The number of hydrogen-bond donors (Lipinski definition) is 2. The Morgan fingerprint density at radius 2 is 1.65 bits per heavy atom. The molecule has 0 aliphatic carbocycles. The SMILES string of the molecule is N#Cc1ccc(C(=O)Nc2c(C(=O)Nc3ccc(Cl)cn3)cc(Cl)cc2N2CCCCC2)cc1. The Morgan fingerprint density at radius 3 is 2.29 bits per heavy atom. The van der Waals surface area contributed by atoms with Crippen molar-refractivity contribution < 1.29 is 9.59 Å². The van der Waals surface area contributed by atoms with E-state index in [0.717, 1.165) is 32.4 Å². The van der Waals surface area contributed by atoms with Gasteiger partial charge in [0.05, 0.1) is 33.6 Å². The van der Waals surface area contributed by atoms with Crippen LogP contribution in [0.2, 0.25) is 10.0 Å². The van der Waals surface area contributed by atoms with Crippen LogP contribution in [0, 0.1) is 11.3 Å². The average molecular weight is 494 g/mol. The van der Waals surface area contributed by atoms with E-state index >= 15 is 0 Å². The van der Waals surface area contributed by atoms with Gasteiger partial charge in [-0.2, -0.15) is 5.26 Å². The molecule has 0 saturated carbocycles. The van der Waals surface area contributed by atoms with E-state index in [1.165, 1.54) is 12.3 Å². The van der Waals surface area contributed by atoms with Gasteiger partial charge in [-0.3, -0.25) is 9.59 Å². The predicted molar refractivity (Wildman–Crippen MR) is 134 cm³/mol. The number of pyridine rings is 1. The first-order chi connectivity index (χ1) is 16.4. The van der Waals surface area contributed by atoms with E-state index < -0.39 is 11.8 Å². The molecule has 2 N–H and O–H groups in total. The molecule has 9 heteroatoms. The highest BCUT2D eigenvalue weighted by molar-refractivity contribution is 6.32. The van der Waals surface area contributed by atoms with Crippen molar-refractivity contribution >= 4 is 52.2 Å². The Kier molecular flexibility index (Phi) is 7.31. The molecule has 172 valence electrons. The summed E-state index contributed by atoms with van der Waals surface area (Å²) in [5.41, 5.74) is 2.08. The number of amides is 2. The first-order valence-corrected chi connectivity index (χ1v) is 11.5. The molecule has 34 heavy (non-hydrogen) atoms. The molecule has 1 aliphatic heterocycles. The van der Waals surface area contributed by atoms with Gasteiger partial charge in [0.25, 0.3) is 11.8 Å². The summed E-state index contributed by atoms with van der Waals surface area (Å²) >= 11 is 12.3. The molecular weight excluding hydrogens is 473 g/mol. The maximum Gasteiger partial charge on any atom is 0.259 e. The van der Waals surface area contributed by atoms with Crippen molar-refractivity contribution in [2.24, 2.45) is 0 Å². The molecule has 0 atom stereocenters. The van der Waals surface area contributed by atoms with Crippen molar-refractivity contribution in [2.75, 3.05) is 28.6 Å². The molecule has 0 unspecified atom stereocenters. The van der Waals surface area contributed by atoms with Crippen LogP contribution in [0.1, 0.15) is 45.5 Å². The monoisotopic (exact) mass is 493 g/mol. The zero-order valence-electron chi connectivity index (χ0n) is 18.1. The summed E-state index contributed by atoms with van der Waals surface area (Å²) in [5.74, 6) is -0.548. The molecule has 2 amide bonds. The summed E-state index contributed by atoms with van der Waals surface area (Å²) in [6.45, 7) is 1.58. The summed E-state index contributed by atoms with van der Waals surface area (Å²) in [7, 11) is 0. The van der Waals surface area contributed by atoms with E-state index in [0.29, 0.717) is 38.4 Å². The third-order valence-corrected chi connectivity index (χ3v) is 5.95. The Bertz CT molecular complexity index is 1250. The van der Waals surface area contributed by atoms with E-state index in [4.69, 9.17) is 28.5 Å². The van der Waals surface area contributed by atoms with Crippen molar-refractivity contribution in [3.05, 3.63) is 81.5 Å². The van der Waals surface area contributed by atoms with Gasteiger partial charge in [0.1, 0.15) is 5.82 Å². The van der Waals surface area contributed by atoms with Crippen LogP contribution in [-0.2, 0) is 0 Å². The number of nitrogens with one attached hydrogen (secondary N) is 2. The number of nitrogens with zero attached hydrogens (tertiary/aromatic N) is 3.